The molecule has 0 spiro atoms. The van der Waals surface area contributed by atoms with Crippen molar-refractivity contribution in [1.29, 1.82) is 0 Å². The van der Waals surface area contributed by atoms with Gasteiger partial charge in [0.25, 0.3) is 0 Å². The lowest BCUT2D eigenvalue weighted by Gasteiger charge is -2.31. The van der Waals surface area contributed by atoms with Crippen LogP contribution in [-0.4, -0.2) is 22.0 Å². The molecule has 3 unspecified atom stereocenters. The van der Waals surface area contributed by atoms with E-state index in [0.29, 0.717) is 6.04 Å². The summed E-state index contributed by atoms with van der Waals surface area (Å²) in [5.41, 5.74) is 1.23. The maximum absolute atomic E-state index is 12.8. The van der Waals surface area contributed by atoms with Crippen LogP contribution in [0.25, 0.3) is 0 Å². The lowest BCUT2D eigenvalue weighted by Crippen LogP contribution is -2.44. The van der Waals surface area contributed by atoms with Gasteiger partial charge in [-0.05, 0) is 44.9 Å². The lowest BCUT2D eigenvalue weighted by atomic mass is 9.95. The molecule has 0 saturated heterocycles. The number of nitrogens with one attached hydrogen (secondary N) is 1. The van der Waals surface area contributed by atoms with E-state index >= 15 is 0 Å². The van der Waals surface area contributed by atoms with Gasteiger partial charge >= 0.3 is 0 Å². The van der Waals surface area contributed by atoms with Gasteiger partial charge in [0.1, 0.15) is 0 Å². The summed E-state index contributed by atoms with van der Waals surface area (Å²) < 4.78 is 12.8. The van der Waals surface area contributed by atoms with Gasteiger partial charge in [-0.3, -0.25) is 4.21 Å². The van der Waals surface area contributed by atoms with Gasteiger partial charge in [-0.2, -0.15) is 0 Å². The van der Waals surface area contributed by atoms with Crippen LogP contribution in [0.4, 0.5) is 0 Å². The highest BCUT2D eigenvalue weighted by atomic mass is 32.2. The molecule has 0 aromatic heterocycles. The third-order valence-corrected chi connectivity index (χ3v) is 5.74. The zero-order valence-electron chi connectivity index (χ0n) is 12.0. The first-order chi connectivity index (χ1) is 9.22. The van der Waals surface area contributed by atoms with Crippen LogP contribution in [0.5, 0.6) is 0 Å². The largest absolute Gasteiger partial charge is 0.313 e. The number of benzene rings is 1. The minimum Gasteiger partial charge on any atom is -0.313 e. The molecule has 2 nitrogen and oxygen atoms in total. The molecule has 1 aliphatic carbocycles. The van der Waals surface area contributed by atoms with Gasteiger partial charge in [0.05, 0.1) is 16.0 Å². The van der Waals surface area contributed by atoms with E-state index in [1.165, 1.54) is 24.8 Å². The minimum atomic E-state index is -0.874. The van der Waals surface area contributed by atoms with Crippen LogP contribution in [0.1, 0.15) is 44.6 Å². The Hall–Kier alpha value is -0.670. The molecular weight excluding hydrogens is 254 g/mol. The fourth-order valence-electron chi connectivity index (χ4n) is 2.76. The first kappa shape index (κ1) is 14.7. The fraction of sp³-hybridized carbons (Fsp3) is 0.625. The molecule has 3 atom stereocenters. The average molecular weight is 279 g/mol. The third-order valence-electron chi connectivity index (χ3n) is 3.89. The van der Waals surface area contributed by atoms with Crippen molar-refractivity contribution in [2.45, 2.75) is 62.1 Å². The van der Waals surface area contributed by atoms with Crippen molar-refractivity contribution in [3.8, 4) is 0 Å². The normalized spacial score (nSPS) is 25.2. The van der Waals surface area contributed by atoms with Crippen molar-refractivity contribution < 1.29 is 4.21 Å². The first-order valence-corrected chi connectivity index (χ1v) is 8.64. The Morgan fingerprint density at radius 3 is 2.58 bits per heavy atom. The molecular formula is C16H25NOS. The van der Waals surface area contributed by atoms with Crippen LogP contribution in [0, 0.1) is 6.92 Å². The smallest absolute Gasteiger partial charge is 0.0576 e. The molecule has 0 heterocycles. The second-order valence-corrected chi connectivity index (χ2v) is 7.17. The highest BCUT2D eigenvalue weighted by molar-refractivity contribution is 7.85. The monoisotopic (exact) mass is 279 g/mol. The van der Waals surface area contributed by atoms with Crippen molar-refractivity contribution in [1.82, 2.24) is 5.32 Å². The Balaban J connectivity index is 2.08. The summed E-state index contributed by atoms with van der Waals surface area (Å²) in [6.45, 7) is 5.28. The maximum Gasteiger partial charge on any atom is 0.0576 e. The van der Waals surface area contributed by atoms with Crippen LogP contribution in [0.2, 0.25) is 0 Å². The van der Waals surface area contributed by atoms with E-state index in [1.54, 1.807) is 0 Å². The summed E-state index contributed by atoms with van der Waals surface area (Å²) in [5, 5.41) is 3.87. The van der Waals surface area contributed by atoms with E-state index in [0.717, 1.165) is 24.3 Å². The van der Waals surface area contributed by atoms with Crippen LogP contribution in [0.3, 0.4) is 0 Å². The Kier molecular flexibility index (Phi) is 5.59. The van der Waals surface area contributed by atoms with E-state index in [2.05, 4.69) is 31.3 Å². The molecule has 1 N–H and O–H groups in total. The topological polar surface area (TPSA) is 29.1 Å². The molecule has 1 aromatic rings. The third kappa shape index (κ3) is 3.90. The quantitative estimate of drug-likeness (QED) is 0.895. The second kappa shape index (κ2) is 7.20. The van der Waals surface area contributed by atoms with Crippen molar-refractivity contribution in [3.63, 3.8) is 0 Å². The van der Waals surface area contributed by atoms with Crippen LogP contribution >= 0.6 is 0 Å². The lowest BCUT2D eigenvalue weighted by molar-refractivity contribution is 0.379. The van der Waals surface area contributed by atoms with E-state index < -0.39 is 10.8 Å². The molecule has 2 rings (SSSR count). The molecule has 3 heteroatoms. The standard InChI is InChI=1S/C16H25NOS/c1-3-12-17-15-6-4-5-7-16(15)19(18)14-10-8-13(2)9-11-14/h8-11,15-17H,3-7,12H2,1-2H3. The Labute approximate surface area is 119 Å². The van der Waals surface area contributed by atoms with Crippen LogP contribution < -0.4 is 5.32 Å². The predicted molar refractivity (Wildman–Crippen MR) is 81.9 cm³/mol. The van der Waals surface area contributed by atoms with Crippen LogP contribution in [0.15, 0.2) is 29.2 Å². The number of rotatable bonds is 5. The van der Waals surface area contributed by atoms with Crippen molar-refractivity contribution in [2.75, 3.05) is 6.54 Å². The van der Waals surface area contributed by atoms with E-state index in [9.17, 15) is 4.21 Å². The van der Waals surface area contributed by atoms with Gasteiger partial charge in [-0.1, -0.05) is 37.5 Å². The summed E-state index contributed by atoms with van der Waals surface area (Å²) in [6.07, 6.45) is 5.88. The summed E-state index contributed by atoms with van der Waals surface area (Å²) >= 11 is 0. The Morgan fingerprint density at radius 2 is 1.89 bits per heavy atom. The molecule has 1 fully saturated rings. The molecule has 0 radical (unpaired) electrons. The summed E-state index contributed by atoms with van der Waals surface area (Å²) in [7, 11) is -0.874. The van der Waals surface area contributed by atoms with E-state index in [-0.39, 0.29) is 5.25 Å². The van der Waals surface area contributed by atoms with Gasteiger partial charge in [-0.15, -0.1) is 0 Å². The highest BCUT2D eigenvalue weighted by Gasteiger charge is 2.30. The molecule has 0 aliphatic heterocycles. The van der Waals surface area contributed by atoms with Gasteiger partial charge in [0.2, 0.25) is 0 Å². The van der Waals surface area contributed by atoms with Crippen molar-refractivity contribution >= 4 is 10.8 Å². The second-order valence-electron chi connectivity index (χ2n) is 5.49. The van der Waals surface area contributed by atoms with E-state index in [1.807, 2.05) is 12.1 Å². The Morgan fingerprint density at radius 1 is 1.21 bits per heavy atom. The summed E-state index contributed by atoms with van der Waals surface area (Å²) in [4.78, 5) is 0.987. The molecule has 1 saturated carbocycles. The maximum atomic E-state index is 12.8. The molecule has 1 aliphatic rings. The van der Waals surface area contributed by atoms with Gasteiger partial charge < -0.3 is 5.32 Å². The minimum absolute atomic E-state index is 0.281. The first-order valence-electron chi connectivity index (χ1n) is 7.43. The number of aryl methyl sites for hydroxylation is 1. The van der Waals surface area contributed by atoms with Crippen LogP contribution in [-0.2, 0) is 10.8 Å². The van der Waals surface area contributed by atoms with Gasteiger partial charge in [0.15, 0.2) is 0 Å². The fourth-order valence-corrected chi connectivity index (χ4v) is 4.43. The SMILES string of the molecule is CCCNC1CCCCC1S(=O)c1ccc(C)cc1. The zero-order chi connectivity index (χ0) is 13.7. The summed E-state index contributed by atoms with van der Waals surface area (Å²) in [5.74, 6) is 0. The number of hydrogen-bond acceptors (Lipinski definition) is 2. The average Bonchev–Trinajstić information content (AvgIpc) is 2.45. The van der Waals surface area contributed by atoms with E-state index in [4.69, 9.17) is 0 Å². The molecule has 0 amide bonds. The summed E-state index contributed by atoms with van der Waals surface area (Å²) in [6, 6.07) is 8.60. The molecule has 0 bridgehead atoms. The predicted octanol–water partition coefficient (Wildman–Crippen LogP) is 3.41. The van der Waals surface area contributed by atoms with Gasteiger partial charge in [0, 0.05) is 10.9 Å². The molecule has 19 heavy (non-hydrogen) atoms. The Bertz CT molecular complexity index is 415. The number of hydrogen-bond donors (Lipinski definition) is 1. The molecule has 1 aromatic carbocycles. The van der Waals surface area contributed by atoms with Crippen molar-refractivity contribution in [3.05, 3.63) is 29.8 Å². The zero-order valence-corrected chi connectivity index (χ0v) is 12.8. The van der Waals surface area contributed by atoms with Crippen molar-refractivity contribution in [2.24, 2.45) is 0 Å². The highest BCUT2D eigenvalue weighted by Crippen LogP contribution is 2.26. The van der Waals surface area contributed by atoms with Gasteiger partial charge in [-0.25, -0.2) is 0 Å². The molecule has 106 valence electrons.